The van der Waals surface area contributed by atoms with Gasteiger partial charge in [-0.15, -0.1) is 15.3 Å². The number of benzene rings is 5. The molecule has 0 atom stereocenters. The number of nitrogens with one attached hydrogen (secondary N) is 1. The van der Waals surface area contributed by atoms with Gasteiger partial charge in [0.15, 0.2) is 5.69 Å². The van der Waals surface area contributed by atoms with E-state index in [1.807, 2.05) is 0 Å². The molecule has 0 saturated heterocycles. The van der Waals surface area contributed by atoms with Crippen molar-refractivity contribution in [3.05, 3.63) is 131 Å². The van der Waals surface area contributed by atoms with Gasteiger partial charge >= 0.3 is 45.3 Å². The second kappa shape index (κ2) is 19.3. The normalized spacial score (nSPS) is 11.4. The van der Waals surface area contributed by atoms with E-state index >= 15 is 0 Å². The molecule has 61 heavy (non-hydrogen) atoms. The number of phenolic OH excluding ortho intramolecular Hbond substituents is 2. The maximum atomic E-state index is 12.6. The number of sulfonamides is 2. The monoisotopic (exact) mass is 926 g/mol. The number of nitro benzene ring substituents is 3. The van der Waals surface area contributed by atoms with Crippen LogP contribution in [0.4, 0.5) is 39.8 Å². The third kappa shape index (κ3) is 11.2. The minimum absolute atomic E-state index is 0. The molecule has 0 amide bonds. The van der Waals surface area contributed by atoms with Crippen LogP contribution < -0.4 is 50.5 Å². The number of aromatic amines is 1. The van der Waals surface area contributed by atoms with E-state index in [1.54, 1.807) is 6.92 Å². The fraction of sp³-hybridized carbons (Fsp3) is 0.0312. The number of fused-ring (bicyclic) bond motifs is 1. The van der Waals surface area contributed by atoms with Crippen molar-refractivity contribution in [1.29, 1.82) is 0 Å². The standard InChI is InChI=1S/C16H14N6O6S.C16H11N5O8S.Cr.Na/c1-9-15(19-18-13-8-11(22(25)26)4-7-14(13)23)16(24)21(20-9)10-2-5-12(6-3-10)29(17,27)28;17-30(28,29)10-2-3-11-8(5-10)1-4-14(22)15(11)19-18-12-6-9(20(24)25)7-13(16(12)23)21(26)27;;/h2-8,20,23H,1H3,(H2,17,27,28);1-7,22-23H,(H2,17,28,29);;/q;;;+1. The average Bonchev–Trinajstić information content (AvgIpc) is 3.45. The summed E-state index contributed by atoms with van der Waals surface area (Å²) >= 11 is 0. The van der Waals surface area contributed by atoms with Gasteiger partial charge in [-0.1, -0.05) is 23.9 Å². The first kappa shape index (κ1) is 48.9. The fourth-order valence-corrected chi connectivity index (χ4v) is 6.12. The first-order chi connectivity index (χ1) is 27.6. The number of rotatable bonds is 10. The summed E-state index contributed by atoms with van der Waals surface area (Å²) in [4.78, 5) is 42.6. The van der Waals surface area contributed by atoms with E-state index in [0.29, 0.717) is 22.8 Å². The number of azo groups is 2. The summed E-state index contributed by atoms with van der Waals surface area (Å²) in [5.74, 6) is -1.92. The van der Waals surface area contributed by atoms with Crippen LogP contribution in [-0.2, 0) is 37.4 Å². The number of primary sulfonamides is 1. The Morgan fingerprint density at radius 3 is 1.89 bits per heavy atom. The number of H-pyrrole nitrogens is 1. The van der Waals surface area contributed by atoms with Crippen molar-refractivity contribution < 1.29 is 99.0 Å². The van der Waals surface area contributed by atoms with Crippen molar-refractivity contribution in [2.45, 2.75) is 16.7 Å². The molecule has 0 fully saturated rings. The molecule has 25 nitrogen and oxygen atoms in total. The summed E-state index contributed by atoms with van der Waals surface area (Å²) in [7, 11) is -7.61. The molecule has 0 saturated carbocycles. The summed E-state index contributed by atoms with van der Waals surface area (Å²) < 4.78 is 47.0. The maximum absolute atomic E-state index is 12.6. The predicted octanol–water partition coefficient (Wildman–Crippen LogP) is 0.934. The van der Waals surface area contributed by atoms with E-state index in [2.05, 4.69) is 30.7 Å². The van der Waals surface area contributed by atoms with Gasteiger partial charge in [0.25, 0.3) is 16.9 Å². The van der Waals surface area contributed by atoms with Gasteiger partial charge in [0, 0.05) is 40.9 Å². The van der Waals surface area contributed by atoms with E-state index in [1.165, 1.54) is 54.6 Å². The molecule has 0 aliphatic heterocycles. The molecule has 1 heterocycles. The Kier molecular flexibility index (Phi) is 15.4. The first-order valence-electron chi connectivity index (χ1n) is 15.8. The number of aromatic nitrogens is 2. The summed E-state index contributed by atoms with van der Waals surface area (Å²) in [6.45, 7) is 1.55. The summed E-state index contributed by atoms with van der Waals surface area (Å²) in [5, 5.41) is 91.0. The van der Waals surface area contributed by atoms with Gasteiger partial charge in [-0.2, -0.15) is 13.5 Å². The summed E-state index contributed by atoms with van der Waals surface area (Å²) in [5.41, 5.74) is -3.05. The molecule has 1 aromatic heterocycles. The van der Waals surface area contributed by atoms with Crippen LogP contribution in [-0.4, -0.2) is 51.6 Å². The molecule has 310 valence electrons. The van der Waals surface area contributed by atoms with Gasteiger partial charge in [0.05, 0.1) is 42.8 Å². The number of nitrogens with two attached hydrogens (primary N) is 1. The molecule has 0 aliphatic rings. The van der Waals surface area contributed by atoms with Crippen molar-refractivity contribution in [3.63, 3.8) is 0 Å². The molecule has 29 heteroatoms. The summed E-state index contributed by atoms with van der Waals surface area (Å²) in [6, 6.07) is 16.1. The maximum Gasteiger partial charge on any atom is 1.00 e. The molecule has 0 spiro atoms. The molecule has 0 bridgehead atoms. The van der Waals surface area contributed by atoms with Gasteiger partial charge in [-0.3, -0.25) is 40.2 Å². The van der Waals surface area contributed by atoms with Crippen LogP contribution in [0.15, 0.2) is 120 Å². The Morgan fingerprint density at radius 1 is 0.738 bits per heavy atom. The van der Waals surface area contributed by atoms with Gasteiger partial charge in [-0.25, -0.2) is 23.4 Å². The number of nitro groups is 3. The molecule has 0 unspecified atom stereocenters. The van der Waals surface area contributed by atoms with Crippen molar-refractivity contribution in [1.82, 2.24) is 9.78 Å². The third-order valence-corrected chi connectivity index (χ3v) is 9.80. The quantitative estimate of drug-likeness (QED) is 0.0553. The van der Waals surface area contributed by atoms with Crippen molar-refractivity contribution >= 4 is 70.6 Å². The molecular formula is C32H25CrN11NaO14S2+. The van der Waals surface area contributed by atoms with Crippen LogP contribution in [0.25, 0.3) is 16.5 Å². The zero-order valence-electron chi connectivity index (χ0n) is 31.0. The van der Waals surface area contributed by atoms with E-state index < -0.39 is 68.9 Å². The minimum atomic E-state index is -3.98. The van der Waals surface area contributed by atoms with Crippen LogP contribution in [0.3, 0.4) is 0 Å². The van der Waals surface area contributed by atoms with Crippen LogP contribution in [0, 0.1) is 37.3 Å². The SMILES string of the molecule is Cc1[nH]n(-c2ccc(S([NH3+])(=O)=O)cc2)c(=O)c1N=Nc1cc([N+](=O)[O-])ccc1[O-].NS(=O)(=O)c1ccc2c(N=Nc3cc([N+](=O)[O-])cc([N+](=O)[O-])c3O)c(O)ccc2c1.[Cr].[Na+]. The molecular weight excluding hydrogens is 902 g/mol. The minimum Gasteiger partial charge on any atom is -0.871 e. The van der Waals surface area contributed by atoms with Gasteiger partial charge in [-0.05, 0) is 54.8 Å². The van der Waals surface area contributed by atoms with E-state index in [-0.39, 0.29) is 90.6 Å². The Labute approximate surface area is 373 Å². The summed E-state index contributed by atoms with van der Waals surface area (Å²) in [6.07, 6.45) is 0. The van der Waals surface area contributed by atoms with Crippen molar-refractivity contribution in [2.24, 2.45) is 25.6 Å². The average molecular weight is 927 g/mol. The number of non-ortho nitro benzene ring substituents is 2. The molecule has 6 rings (SSSR count). The predicted molar refractivity (Wildman–Crippen MR) is 200 cm³/mol. The zero-order chi connectivity index (χ0) is 43.6. The number of quaternary nitrogens is 1. The van der Waals surface area contributed by atoms with E-state index in [9.17, 15) is 67.3 Å². The van der Waals surface area contributed by atoms with E-state index in [0.717, 1.165) is 28.9 Å². The molecule has 6 aromatic rings. The Hall–Kier alpha value is -6.48. The Balaban J connectivity index is 0.000000315. The second-order valence-corrected chi connectivity index (χ2v) is 15.1. The number of aromatic hydroxyl groups is 2. The third-order valence-electron chi connectivity index (χ3n) is 7.90. The van der Waals surface area contributed by atoms with Crippen LogP contribution in [0.2, 0.25) is 0 Å². The Bertz CT molecular complexity index is 3070. The molecule has 8 N–H and O–H groups in total. The molecule has 5 aromatic carbocycles. The van der Waals surface area contributed by atoms with Crippen molar-refractivity contribution in [2.75, 3.05) is 0 Å². The topological polar surface area (TPSA) is 402 Å². The zero-order valence-corrected chi connectivity index (χ0v) is 35.9. The van der Waals surface area contributed by atoms with Crippen LogP contribution in [0.5, 0.6) is 17.2 Å². The first-order valence-corrected chi connectivity index (χ1v) is 19.0. The second-order valence-electron chi connectivity index (χ2n) is 11.9. The largest absolute Gasteiger partial charge is 1.00 e. The van der Waals surface area contributed by atoms with Gasteiger partial charge < -0.3 is 15.3 Å². The smallest absolute Gasteiger partial charge is 0.871 e. The van der Waals surface area contributed by atoms with Crippen molar-refractivity contribution in [3.8, 4) is 22.9 Å². The number of hydrogen-bond acceptors (Lipinski definition) is 18. The number of nitrogens with zero attached hydrogens (tertiary/aromatic N) is 8. The molecule has 0 aliphatic carbocycles. The molecule has 0 radical (unpaired) electrons. The fourth-order valence-electron chi connectivity index (χ4n) is 5.02. The van der Waals surface area contributed by atoms with Crippen LogP contribution >= 0.6 is 0 Å². The van der Waals surface area contributed by atoms with Gasteiger partial charge in [0.1, 0.15) is 22.0 Å². The van der Waals surface area contributed by atoms with E-state index in [4.69, 9.17) is 5.14 Å². The number of phenols is 2. The Morgan fingerprint density at radius 2 is 1.31 bits per heavy atom. The number of aryl methyl sites for hydroxylation is 1. The van der Waals surface area contributed by atoms with Gasteiger partial charge in [0.2, 0.25) is 15.8 Å². The van der Waals surface area contributed by atoms with Crippen LogP contribution in [0.1, 0.15) is 5.69 Å². The number of hydrogen-bond donors (Lipinski definition) is 5.